The molecule has 0 aliphatic rings. The highest BCUT2D eigenvalue weighted by Crippen LogP contribution is 2.25. The zero-order valence-corrected chi connectivity index (χ0v) is 10.4. The summed E-state index contributed by atoms with van der Waals surface area (Å²) in [4.78, 5) is 7.50. The molecule has 0 radical (unpaired) electrons. The van der Waals surface area contributed by atoms with Gasteiger partial charge in [0.2, 0.25) is 0 Å². The predicted molar refractivity (Wildman–Crippen MR) is 71.2 cm³/mol. The third kappa shape index (κ3) is 1.87. The van der Waals surface area contributed by atoms with Crippen molar-refractivity contribution in [2.75, 3.05) is 0 Å². The van der Waals surface area contributed by atoms with E-state index in [0.29, 0.717) is 16.9 Å². The van der Waals surface area contributed by atoms with Crippen molar-refractivity contribution in [3.63, 3.8) is 0 Å². The maximum Gasteiger partial charge on any atom is 0.144 e. The largest absolute Gasteiger partial charge is 0.338 e. The Morgan fingerprint density at radius 2 is 1.89 bits per heavy atom. The molecule has 1 aromatic heterocycles. The fourth-order valence-electron chi connectivity index (χ4n) is 1.85. The first-order chi connectivity index (χ1) is 8.63. The van der Waals surface area contributed by atoms with Gasteiger partial charge in [0.15, 0.2) is 0 Å². The van der Waals surface area contributed by atoms with Crippen molar-refractivity contribution in [1.29, 1.82) is 0 Å². The second-order valence-electron chi connectivity index (χ2n) is 4.23. The third-order valence-corrected chi connectivity index (χ3v) is 3.14. The molecule has 0 saturated heterocycles. The van der Waals surface area contributed by atoms with Crippen LogP contribution >= 0.6 is 11.6 Å². The van der Waals surface area contributed by atoms with E-state index in [1.165, 1.54) is 17.7 Å². The van der Waals surface area contributed by atoms with Gasteiger partial charge in [-0.25, -0.2) is 9.37 Å². The van der Waals surface area contributed by atoms with Gasteiger partial charge in [-0.3, -0.25) is 0 Å². The van der Waals surface area contributed by atoms with Crippen LogP contribution in [0.3, 0.4) is 0 Å². The lowest BCUT2D eigenvalue weighted by Gasteiger charge is -1.96. The van der Waals surface area contributed by atoms with Crippen molar-refractivity contribution >= 4 is 22.6 Å². The van der Waals surface area contributed by atoms with Gasteiger partial charge in [0, 0.05) is 11.6 Å². The molecular weight excluding hydrogens is 251 g/mol. The second kappa shape index (κ2) is 4.10. The van der Waals surface area contributed by atoms with Gasteiger partial charge in [-0.1, -0.05) is 41.4 Å². The molecular formula is C14H10ClFN2. The standard InChI is InChI=1S/C14H10ClFN2/c1-8-2-4-9(5-3-8)14-17-12-6-10(15)11(16)7-13(12)18-14/h2-7H,1H3,(H,17,18). The lowest BCUT2D eigenvalue weighted by atomic mass is 10.1. The molecule has 4 heteroatoms. The number of nitrogens with zero attached hydrogens (tertiary/aromatic N) is 1. The van der Waals surface area contributed by atoms with Gasteiger partial charge in [0.1, 0.15) is 11.6 Å². The number of halogens is 2. The molecule has 3 aromatic rings. The minimum Gasteiger partial charge on any atom is -0.338 e. The van der Waals surface area contributed by atoms with E-state index < -0.39 is 5.82 Å². The Hall–Kier alpha value is -1.87. The summed E-state index contributed by atoms with van der Waals surface area (Å²) >= 11 is 5.73. The van der Waals surface area contributed by atoms with Crippen LogP contribution in [0.2, 0.25) is 5.02 Å². The summed E-state index contributed by atoms with van der Waals surface area (Å²) in [5, 5.41) is 0.0875. The average molecular weight is 261 g/mol. The highest BCUT2D eigenvalue weighted by Gasteiger charge is 2.08. The van der Waals surface area contributed by atoms with Crippen molar-refractivity contribution < 1.29 is 4.39 Å². The lowest BCUT2D eigenvalue weighted by molar-refractivity contribution is 0.630. The minimum absolute atomic E-state index is 0.0875. The van der Waals surface area contributed by atoms with E-state index in [9.17, 15) is 4.39 Å². The Kier molecular flexibility index (Phi) is 2.56. The zero-order chi connectivity index (χ0) is 12.7. The molecule has 1 N–H and O–H groups in total. The molecule has 0 aliphatic carbocycles. The molecule has 0 fully saturated rings. The number of aromatic nitrogens is 2. The SMILES string of the molecule is Cc1ccc(-c2nc3cc(Cl)c(F)cc3[nH]2)cc1. The van der Waals surface area contributed by atoms with Gasteiger partial charge in [0.05, 0.1) is 16.1 Å². The minimum atomic E-state index is -0.441. The maximum absolute atomic E-state index is 13.3. The van der Waals surface area contributed by atoms with E-state index in [2.05, 4.69) is 9.97 Å². The number of aromatic amines is 1. The van der Waals surface area contributed by atoms with Crippen LogP contribution in [0.4, 0.5) is 4.39 Å². The Morgan fingerprint density at radius 3 is 2.61 bits per heavy atom. The van der Waals surface area contributed by atoms with Crippen molar-refractivity contribution in [2.45, 2.75) is 6.92 Å². The fraction of sp³-hybridized carbons (Fsp3) is 0.0714. The van der Waals surface area contributed by atoms with E-state index in [1.54, 1.807) is 0 Å². The van der Waals surface area contributed by atoms with E-state index in [4.69, 9.17) is 11.6 Å². The molecule has 0 atom stereocenters. The summed E-state index contributed by atoms with van der Waals surface area (Å²) in [6, 6.07) is 10.9. The number of hydrogen-bond acceptors (Lipinski definition) is 1. The molecule has 90 valence electrons. The number of rotatable bonds is 1. The van der Waals surface area contributed by atoms with Gasteiger partial charge < -0.3 is 4.98 Å². The summed E-state index contributed by atoms with van der Waals surface area (Å²) in [7, 11) is 0. The molecule has 0 aliphatic heterocycles. The smallest absolute Gasteiger partial charge is 0.144 e. The Balaban J connectivity index is 2.16. The van der Waals surface area contributed by atoms with Crippen LogP contribution in [0.25, 0.3) is 22.4 Å². The number of nitrogens with one attached hydrogen (secondary N) is 1. The Morgan fingerprint density at radius 1 is 1.17 bits per heavy atom. The first-order valence-corrected chi connectivity index (χ1v) is 5.93. The second-order valence-corrected chi connectivity index (χ2v) is 4.64. The molecule has 0 saturated carbocycles. The number of aryl methyl sites for hydroxylation is 1. The number of fused-ring (bicyclic) bond motifs is 1. The molecule has 0 bridgehead atoms. The van der Waals surface area contributed by atoms with E-state index in [1.807, 2.05) is 31.2 Å². The van der Waals surface area contributed by atoms with Crippen LogP contribution in [0.1, 0.15) is 5.56 Å². The van der Waals surface area contributed by atoms with E-state index in [0.717, 1.165) is 5.56 Å². The van der Waals surface area contributed by atoms with Crippen molar-refractivity contribution in [3.8, 4) is 11.4 Å². The lowest BCUT2D eigenvalue weighted by Crippen LogP contribution is -1.80. The van der Waals surface area contributed by atoms with Crippen LogP contribution in [0.15, 0.2) is 36.4 Å². The average Bonchev–Trinajstić information content (AvgIpc) is 2.73. The molecule has 0 spiro atoms. The van der Waals surface area contributed by atoms with Crippen molar-refractivity contribution in [2.24, 2.45) is 0 Å². The number of benzene rings is 2. The van der Waals surface area contributed by atoms with Gasteiger partial charge in [-0.05, 0) is 13.0 Å². The molecule has 2 nitrogen and oxygen atoms in total. The molecule has 3 rings (SSSR count). The van der Waals surface area contributed by atoms with Gasteiger partial charge in [-0.2, -0.15) is 0 Å². The van der Waals surface area contributed by atoms with Crippen molar-refractivity contribution in [1.82, 2.24) is 9.97 Å². The molecule has 18 heavy (non-hydrogen) atoms. The van der Waals surface area contributed by atoms with E-state index in [-0.39, 0.29) is 5.02 Å². The normalized spacial score (nSPS) is 11.1. The summed E-state index contributed by atoms with van der Waals surface area (Å²) in [6.45, 7) is 2.03. The van der Waals surface area contributed by atoms with Crippen LogP contribution in [-0.2, 0) is 0 Å². The van der Waals surface area contributed by atoms with Gasteiger partial charge >= 0.3 is 0 Å². The Bertz CT molecular complexity index is 677. The topological polar surface area (TPSA) is 28.7 Å². The summed E-state index contributed by atoms with van der Waals surface area (Å²) < 4.78 is 13.3. The van der Waals surface area contributed by atoms with E-state index >= 15 is 0 Å². The number of imidazole rings is 1. The molecule has 0 amide bonds. The van der Waals surface area contributed by atoms with Crippen LogP contribution in [0, 0.1) is 12.7 Å². The highest BCUT2D eigenvalue weighted by molar-refractivity contribution is 6.31. The number of H-pyrrole nitrogens is 1. The third-order valence-electron chi connectivity index (χ3n) is 2.85. The quantitative estimate of drug-likeness (QED) is 0.693. The fourth-order valence-corrected chi connectivity index (χ4v) is 2.01. The maximum atomic E-state index is 13.3. The van der Waals surface area contributed by atoms with Crippen LogP contribution in [0.5, 0.6) is 0 Å². The van der Waals surface area contributed by atoms with Gasteiger partial charge in [-0.15, -0.1) is 0 Å². The van der Waals surface area contributed by atoms with Crippen molar-refractivity contribution in [3.05, 3.63) is 52.8 Å². The summed E-state index contributed by atoms with van der Waals surface area (Å²) in [5.41, 5.74) is 3.46. The first kappa shape index (κ1) is 11.2. The van der Waals surface area contributed by atoms with Crippen LogP contribution in [-0.4, -0.2) is 9.97 Å². The molecule has 1 heterocycles. The summed E-state index contributed by atoms with van der Waals surface area (Å²) in [6.07, 6.45) is 0. The first-order valence-electron chi connectivity index (χ1n) is 5.55. The Labute approximate surface area is 108 Å². The molecule has 2 aromatic carbocycles. The monoisotopic (exact) mass is 260 g/mol. The zero-order valence-electron chi connectivity index (χ0n) is 9.67. The van der Waals surface area contributed by atoms with Crippen LogP contribution < -0.4 is 0 Å². The summed E-state index contributed by atoms with van der Waals surface area (Å²) in [5.74, 6) is 0.273. The number of hydrogen-bond donors (Lipinski definition) is 1. The predicted octanol–water partition coefficient (Wildman–Crippen LogP) is 4.33. The highest BCUT2D eigenvalue weighted by atomic mass is 35.5. The van der Waals surface area contributed by atoms with Gasteiger partial charge in [0.25, 0.3) is 0 Å². The molecule has 0 unspecified atom stereocenters.